The molecule has 0 aliphatic carbocycles. The van der Waals surface area contributed by atoms with Crippen LogP contribution >= 0.6 is 15.9 Å². The zero-order valence-electron chi connectivity index (χ0n) is 10.9. The van der Waals surface area contributed by atoms with Crippen LogP contribution in [0.25, 0.3) is 22.4 Å². The summed E-state index contributed by atoms with van der Waals surface area (Å²) in [5.41, 5.74) is 1.61. The highest BCUT2D eigenvalue weighted by Gasteiger charge is 2.14. The molecule has 20 heavy (non-hydrogen) atoms. The maximum Gasteiger partial charge on any atom is 0.228 e. The van der Waals surface area contributed by atoms with E-state index >= 15 is 0 Å². The summed E-state index contributed by atoms with van der Waals surface area (Å²) in [5.74, 6) is 1.12. The standard InChI is InChI=1S/C14H13BrN4O/c1-16-7-6-12-18-14(19-20-12)13-10(15)8-9-4-2-3-5-11(9)17-13/h2-5,8,16H,6-7H2,1H3. The van der Waals surface area contributed by atoms with Crippen molar-refractivity contribution in [2.24, 2.45) is 0 Å². The van der Waals surface area contributed by atoms with Gasteiger partial charge in [-0.2, -0.15) is 4.98 Å². The van der Waals surface area contributed by atoms with Crippen LogP contribution in [0.1, 0.15) is 5.89 Å². The SMILES string of the molecule is CNCCc1nc(-c2nc3ccccc3cc2Br)no1. The number of fused-ring (bicyclic) bond motifs is 1. The van der Waals surface area contributed by atoms with Crippen molar-refractivity contribution in [3.8, 4) is 11.5 Å². The van der Waals surface area contributed by atoms with Gasteiger partial charge in [0.2, 0.25) is 11.7 Å². The van der Waals surface area contributed by atoms with Gasteiger partial charge >= 0.3 is 0 Å². The summed E-state index contributed by atoms with van der Waals surface area (Å²) in [6.07, 6.45) is 0.703. The smallest absolute Gasteiger partial charge is 0.228 e. The van der Waals surface area contributed by atoms with Crippen molar-refractivity contribution in [2.45, 2.75) is 6.42 Å². The molecule has 0 unspecified atom stereocenters. The number of rotatable bonds is 4. The Balaban J connectivity index is 2.00. The molecule has 0 atom stereocenters. The minimum Gasteiger partial charge on any atom is -0.339 e. The molecule has 1 aromatic carbocycles. The number of likely N-dealkylation sites (N-methyl/N-ethyl adjacent to an activating group) is 1. The van der Waals surface area contributed by atoms with Crippen LogP contribution in [0.4, 0.5) is 0 Å². The lowest BCUT2D eigenvalue weighted by molar-refractivity contribution is 0.377. The van der Waals surface area contributed by atoms with E-state index in [9.17, 15) is 0 Å². The Hall–Kier alpha value is -1.79. The van der Waals surface area contributed by atoms with Gasteiger partial charge in [0.25, 0.3) is 0 Å². The van der Waals surface area contributed by atoms with E-state index in [-0.39, 0.29) is 0 Å². The third-order valence-electron chi connectivity index (χ3n) is 2.95. The van der Waals surface area contributed by atoms with Crippen molar-refractivity contribution in [2.75, 3.05) is 13.6 Å². The fraction of sp³-hybridized carbons (Fsp3) is 0.214. The molecule has 0 fully saturated rings. The van der Waals surface area contributed by atoms with Crippen LogP contribution in [0.5, 0.6) is 0 Å². The second kappa shape index (κ2) is 5.68. The molecule has 3 rings (SSSR count). The number of pyridine rings is 1. The molecule has 2 aromatic heterocycles. The number of hydrogen-bond acceptors (Lipinski definition) is 5. The van der Waals surface area contributed by atoms with Crippen molar-refractivity contribution in [3.63, 3.8) is 0 Å². The minimum absolute atomic E-state index is 0.508. The van der Waals surface area contributed by atoms with Gasteiger partial charge in [-0.05, 0) is 35.1 Å². The molecule has 3 aromatic rings. The number of para-hydroxylation sites is 1. The zero-order valence-corrected chi connectivity index (χ0v) is 12.5. The molecule has 0 amide bonds. The van der Waals surface area contributed by atoms with Gasteiger partial charge in [-0.25, -0.2) is 4.98 Å². The first-order chi connectivity index (χ1) is 9.78. The lowest BCUT2D eigenvalue weighted by Crippen LogP contribution is -2.10. The molecular weight excluding hydrogens is 320 g/mol. The van der Waals surface area contributed by atoms with Crippen molar-refractivity contribution in [1.29, 1.82) is 0 Å². The molecule has 1 N–H and O–H groups in total. The fourth-order valence-electron chi connectivity index (χ4n) is 1.93. The Morgan fingerprint density at radius 1 is 1.25 bits per heavy atom. The Morgan fingerprint density at radius 3 is 2.95 bits per heavy atom. The maximum atomic E-state index is 5.23. The molecule has 0 aliphatic heterocycles. The van der Waals surface area contributed by atoms with Gasteiger partial charge in [-0.1, -0.05) is 23.4 Å². The predicted molar refractivity (Wildman–Crippen MR) is 80.4 cm³/mol. The van der Waals surface area contributed by atoms with E-state index in [0.717, 1.165) is 21.9 Å². The highest BCUT2D eigenvalue weighted by molar-refractivity contribution is 9.10. The molecule has 0 aliphatic rings. The fourth-order valence-corrected chi connectivity index (χ4v) is 2.44. The minimum atomic E-state index is 0.508. The summed E-state index contributed by atoms with van der Waals surface area (Å²) in [7, 11) is 1.89. The lowest BCUT2D eigenvalue weighted by atomic mass is 10.2. The van der Waals surface area contributed by atoms with Crippen LogP contribution in [0.15, 0.2) is 39.3 Å². The van der Waals surface area contributed by atoms with E-state index in [2.05, 4.69) is 36.4 Å². The third-order valence-corrected chi connectivity index (χ3v) is 3.55. The average molecular weight is 333 g/mol. The Labute approximate surface area is 124 Å². The van der Waals surface area contributed by atoms with Crippen LogP contribution in [-0.2, 0) is 6.42 Å². The molecule has 0 bridgehead atoms. The van der Waals surface area contributed by atoms with Gasteiger partial charge in [-0.15, -0.1) is 0 Å². The normalized spacial score (nSPS) is 11.1. The molecule has 0 radical (unpaired) electrons. The largest absolute Gasteiger partial charge is 0.339 e. The van der Waals surface area contributed by atoms with Gasteiger partial charge < -0.3 is 9.84 Å². The number of benzene rings is 1. The second-order valence-electron chi connectivity index (χ2n) is 4.38. The number of nitrogens with zero attached hydrogens (tertiary/aromatic N) is 3. The number of nitrogens with one attached hydrogen (secondary N) is 1. The van der Waals surface area contributed by atoms with Crippen LogP contribution in [0.2, 0.25) is 0 Å². The van der Waals surface area contributed by atoms with Gasteiger partial charge in [0.05, 0.1) is 5.52 Å². The van der Waals surface area contributed by atoms with Crippen molar-refractivity contribution < 1.29 is 4.52 Å². The predicted octanol–water partition coefficient (Wildman–Crippen LogP) is 2.81. The third kappa shape index (κ3) is 2.57. The molecule has 2 heterocycles. The van der Waals surface area contributed by atoms with Crippen LogP contribution in [-0.4, -0.2) is 28.7 Å². The topological polar surface area (TPSA) is 63.8 Å². The first kappa shape index (κ1) is 13.2. The summed E-state index contributed by atoms with van der Waals surface area (Å²) in [5, 5.41) is 8.12. The van der Waals surface area contributed by atoms with E-state index in [1.807, 2.05) is 37.4 Å². The van der Waals surface area contributed by atoms with Gasteiger partial charge in [0, 0.05) is 22.8 Å². The Morgan fingerprint density at radius 2 is 2.10 bits per heavy atom. The summed E-state index contributed by atoms with van der Waals surface area (Å²) in [6, 6.07) is 9.95. The van der Waals surface area contributed by atoms with Crippen LogP contribution in [0, 0.1) is 0 Å². The lowest BCUT2D eigenvalue weighted by Gasteiger charge is -2.02. The maximum absolute atomic E-state index is 5.23. The van der Waals surface area contributed by atoms with Crippen molar-refractivity contribution >= 4 is 26.8 Å². The van der Waals surface area contributed by atoms with Gasteiger partial charge in [0.1, 0.15) is 5.69 Å². The number of hydrogen-bond donors (Lipinski definition) is 1. The highest BCUT2D eigenvalue weighted by Crippen LogP contribution is 2.27. The molecular formula is C14H13BrN4O. The second-order valence-corrected chi connectivity index (χ2v) is 5.23. The molecule has 0 spiro atoms. The van der Waals surface area contributed by atoms with E-state index in [0.29, 0.717) is 23.8 Å². The monoisotopic (exact) mass is 332 g/mol. The summed E-state index contributed by atoms with van der Waals surface area (Å²) >= 11 is 3.52. The Bertz CT molecular complexity index is 741. The quantitative estimate of drug-likeness (QED) is 0.795. The Kier molecular flexibility index (Phi) is 3.75. The number of aromatic nitrogens is 3. The van der Waals surface area contributed by atoms with E-state index < -0.39 is 0 Å². The van der Waals surface area contributed by atoms with Crippen molar-refractivity contribution in [1.82, 2.24) is 20.4 Å². The molecule has 5 nitrogen and oxygen atoms in total. The van der Waals surface area contributed by atoms with E-state index in [1.165, 1.54) is 0 Å². The molecule has 102 valence electrons. The zero-order chi connectivity index (χ0) is 13.9. The first-order valence-corrected chi connectivity index (χ1v) is 7.10. The molecule has 0 saturated heterocycles. The van der Waals surface area contributed by atoms with E-state index in [1.54, 1.807) is 0 Å². The molecule has 0 saturated carbocycles. The highest BCUT2D eigenvalue weighted by atomic mass is 79.9. The van der Waals surface area contributed by atoms with Gasteiger partial charge in [-0.3, -0.25) is 0 Å². The van der Waals surface area contributed by atoms with Gasteiger partial charge in [0.15, 0.2) is 0 Å². The average Bonchev–Trinajstić information content (AvgIpc) is 2.93. The first-order valence-electron chi connectivity index (χ1n) is 6.31. The van der Waals surface area contributed by atoms with Crippen LogP contribution < -0.4 is 5.32 Å². The van der Waals surface area contributed by atoms with E-state index in [4.69, 9.17) is 4.52 Å². The summed E-state index contributed by atoms with van der Waals surface area (Å²) in [4.78, 5) is 8.97. The summed E-state index contributed by atoms with van der Waals surface area (Å²) in [6.45, 7) is 0.800. The van der Waals surface area contributed by atoms with Crippen LogP contribution in [0.3, 0.4) is 0 Å². The molecule has 6 heteroatoms. The van der Waals surface area contributed by atoms with Crippen molar-refractivity contribution in [3.05, 3.63) is 40.7 Å². The summed E-state index contributed by atoms with van der Waals surface area (Å²) < 4.78 is 6.08. The number of halogens is 1.